The zero-order chi connectivity index (χ0) is 23.9. The maximum Gasteiger partial charge on any atom is 0.238 e. The standard InChI is InChI=1S/C27H40N2O3S/c1-3-5-7-8-9-16-21-25(29-33(31,32)22-6-4-2)27(30)28-26(23-17-12-10-13-18-23)24-19-14-11-15-20-24/h10-15,17-20,25-26,29H,3-9,16,21-22H2,1-2H3,(H,28,30). The van der Waals surface area contributed by atoms with E-state index in [4.69, 9.17) is 0 Å². The quantitative estimate of drug-likeness (QED) is 0.306. The Morgan fingerprint density at radius 1 is 0.758 bits per heavy atom. The fourth-order valence-corrected chi connectivity index (χ4v) is 5.32. The second-order valence-electron chi connectivity index (χ2n) is 8.66. The minimum Gasteiger partial charge on any atom is -0.344 e. The van der Waals surface area contributed by atoms with Gasteiger partial charge in [0, 0.05) is 0 Å². The van der Waals surface area contributed by atoms with Gasteiger partial charge in [-0.05, 0) is 24.0 Å². The minimum absolute atomic E-state index is 0.0462. The van der Waals surface area contributed by atoms with Crippen molar-refractivity contribution in [1.82, 2.24) is 10.0 Å². The van der Waals surface area contributed by atoms with Crippen molar-refractivity contribution in [2.45, 2.75) is 83.7 Å². The molecule has 0 aliphatic carbocycles. The number of sulfonamides is 1. The van der Waals surface area contributed by atoms with Crippen LogP contribution in [0.4, 0.5) is 0 Å². The molecule has 6 heteroatoms. The summed E-state index contributed by atoms with van der Waals surface area (Å²) in [5.41, 5.74) is 1.92. The number of amides is 1. The monoisotopic (exact) mass is 472 g/mol. The van der Waals surface area contributed by atoms with E-state index in [2.05, 4.69) is 17.0 Å². The first-order valence-corrected chi connectivity index (χ1v) is 14.0. The lowest BCUT2D eigenvalue weighted by Crippen LogP contribution is -2.48. The molecule has 1 unspecified atom stereocenters. The van der Waals surface area contributed by atoms with Gasteiger partial charge in [-0.2, -0.15) is 0 Å². The Labute approximate surface area is 200 Å². The first-order chi connectivity index (χ1) is 16.0. The summed E-state index contributed by atoms with van der Waals surface area (Å²) < 4.78 is 27.9. The van der Waals surface area contributed by atoms with Gasteiger partial charge in [0.2, 0.25) is 15.9 Å². The lowest BCUT2D eigenvalue weighted by atomic mass is 9.98. The number of unbranched alkanes of at least 4 members (excludes halogenated alkanes) is 6. The van der Waals surface area contributed by atoms with Crippen molar-refractivity contribution in [3.05, 3.63) is 71.8 Å². The van der Waals surface area contributed by atoms with Crippen LogP contribution in [-0.4, -0.2) is 26.1 Å². The highest BCUT2D eigenvalue weighted by Gasteiger charge is 2.26. The van der Waals surface area contributed by atoms with Gasteiger partial charge in [0.15, 0.2) is 0 Å². The van der Waals surface area contributed by atoms with Crippen LogP contribution in [0.3, 0.4) is 0 Å². The summed E-state index contributed by atoms with van der Waals surface area (Å²) >= 11 is 0. The molecule has 2 N–H and O–H groups in total. The molecule has 0 heterocycles. The van der Waals surface area contributed by atoms with E-state index in [0.717, 1.165) is 36.8 Å². The van der Waals surface area contributed by atoms with Gasteiger partial charge in [-0.1, -0.05) is 119 Å². The van der Waals surface area contributed by atoms with E-state index in [1.807, 2.05) is 67.6 Å². The molecule has 0 aliphatic rings. The van der Waals surface area contributed by atoms with Crippen LogP contribution in [-0.2, 0) is 14.8 Å². The van der Waals surface area contributed by atoms with Gasteiger partial charge in [-0.3, -0.25) is 4.79 Å². The highest BCUT2D eigenvalue weighted by molar-refractivity contribution is 7.89. The van der Waals surface area contributed by atoms with E-state index in [1.54, 1.807) is 0 Å². The first-order valence-electron chi connectivity index (χ1n) is 12.4. The molecule has 2 rings (SSSR count). The summed E-state index contributed by atoms with van der Waals surface area (Å²) in [5, 5.41) is 3.12. The van der Waals surface area contributed by atoms with Gasteiger partial charge in [-0.15, -0.1) is 0 Å². The van der Waals surface area contributed by atoms with E-state index >= 15 is 0 Å². The predicted octanol–water partition coefficient (Wildman–Crippen LogP) is 5.73. The van der Waals surface area contributed by atoms with Crippen molar-refractivity contribution in [1.29, 1.82) is 0 Å². The lowest BCUT2D eigenvalue weighted by molar-refractivity contribution is -0.123. The van der Waals surface area contributed by atoms with Gasteiger partial charge >= 0.3 is 0 Å². The molecule has 0 saturated heterocycles. The molecule has 2 aromatic rings. The molecule has 0 bridgehead atoms. The number of hydrogen-bond acceptors (Lipinski definition) is 3. The van der Waals surface area contributed by atoms with Gasteiger partial charge in [-0.25, -0.2) is 13.1 Å². The molecule has 0 aliphatic heterocycles. The second-order valence-corrected chi connectivity index (χ2v) is 10.5. The molecule has 1 atom stereocenters. The normalized spacial score (nSPS) is 12.6. The van der Waals surface area contributed by atoms with Crippen molar-refractivity contribution < 1.29 is 13.2 Å². The molecule has 0 radical (unpaired) electrons. The Balaban J connectivity index is 2.15. The van der Waals surface area contributed by atoms with Crippen LogP contribution >= 0.6 is 0 Å². The van der Waals surface area contributed by atoms with Gasteiger partial charge < -0.3 is 5.32 Å². The summed E-state index contributed by atoms with van der Waals surface area (Å²) in [6.45, 7) is 4.14. The Morgan fingerprint density at radius 2 is 1.27 bits per heavy atom. The second kappa shape index (κ2) is 14.9. The number of rotatable bonds is 16. The molecule has 0 fully saturated rings. The summed E-state index contributed by atoms with van der Waals surface area (Å²) in [4.78, 5) is 13.4. The molecule has 5 nitrogen and oxygen atoms in total. The number of hydrogen-bond donors (Lipinski definition) is 2. The SMILES string of the molecule is CCCCCCCCC(NS(=O)(=O)CCCC)C(=O)NC(c1ccccc1)c1ccccc1. The zero-order valence-corrected chi connectivity index (χ0v) is 20.9. The highest BCUT2D eigenvalue weighted by Crippen LogP contribution is 2.22. The summed E-state index contributed by atoms with van der Waals surface area (Å²) in [7, 11) is -3.52. The van der Waals surface area contributed by atoms with Crippen molar-refractivity contribution in [3.8, 4) is 0 Å². The maximum atomic E-state index is 13.4. The van der Waals surface area contributed by atoms with Crippen LogP contribution in [0.25, 0.3) is 0 Å². The van der Waals surface area contributed by atoms with Crippen LogP contribution in [0, 0.1) is 0 Å². The third kappa shape index (κ3) is 10.1. The van der Waals surface area contributed by atoms with Gasteiger partial charge in [0.25, 0.3) is 0 Å². The molecule has 182 valence electrons. The Morgan fingerprint density at radius 3 is 1.82 bits per heavy atom. The Hall–Kier alpha value is -2.18. The molecule has 2 aromatic carbocycles. The number of carbonyl (C=O) groups is 1. The fourth-order valence-electron chi connectivity index (χ4n) is 3.88. The van der Waals surface area contributed by atoms with E-state index < -0.39 is 16.1 Å². The van der Waals surface area contributed by atoms with E-state index in [1.165, 1.54) is 19.3 Å². The molecular weight excluding hydrogens is 432 g/mol. The van der Waals surface area contributed by atoms with Crippen LogP contribution < -0.4 is 10.0 Å². The highest BCUT2D eigenvalue weighted by atomic mass is 32.2. The average Bonchev–Trinajstić information content (AvgIpc) is 2.83. The van der Waals surface area contributed by atoms with Crippen LogP contribution in [0.2, 0.25) is 0 Å². The summed E-state index contributed by atoms with van der Waals surface area (Å²) in [5.74, 6) is -0.230. The van der Waals surface area contributed by atoms with Crippen LogP contribution in [0.1, 0.15) is 88.8 Å². The van der Waals surface area contributed by atoms with Crippen molar-refractivity contribution >= 4 is 15.9 Å². The van der Waals surface area contributed by atoms with E-state index in [0.29, 0.717) is 12.8 Å². The predicted molar refractivity (Wildman–Crippen MR) is 136 cm³/mol. The van der Waals surface area contributed by atoms with Crippen molar-refractivity contribution in [3.63, 3.8) is 0 Å². The minimum atomic E-state index is -3.52. The van der Waals surface area contributed by atoms with E-state index in [-0.39, 0.29) is 17.7 Å². The average molecular weight is 473 g/mol. The zero-order valence-electron chi connectivity index (χ0n) is 20.1. The van der Waals surface area contributed by atoms with Crippen LogP contribution in [0.15, 0.2) is 60.7 Å². The third-order valence-corrected chi connectivity index (χ3v) is 7.27. The molecular formula is C27H40N2O3S. The summed E-state index contributed by atoms with van der Waals surface area (Å²) in [6.07, 6.45) is 8.38. The van der Waals surface area contributed by atoms with Gasteiger partial charge in [0.05, 0.1) is 11.8 Å². The number of carbonyl (C=O) groups excluding carboxylic acids is 1. The molecule has 33 heavy (non-hydrogen) atoms. The van der Waals surface area contributed by atoms with Crippen molar-refractivity contribution in [2.24, 2.45) is 0 Å². The van der Waals surface area contributed by atoms with Crippen LogP contribution in [0.5, 0.6) is 0 Å². The summed E-state index contributed by atoms with van der Waals surface area (Å²) in [6, 6.07) is 18.5. The Kier molecular flexibility index (Phi) is 12.2. The fraction of sp³-hybridized carbons (Fsp3) is 0.519. The largest absolute Gasteiger partial charge is 0.344 e. The lowest BCUT2D eigenvalue weighted by Gasteiger charge is -2.24. The molecule has 0 aromatic heterocycles. The smallest absolute Gasteiger partial charge is 0.238 e. The number of nitrogens with one attached hydrogen (secondary N) is 2. The first kappa shape index (κ1) is 27.1. The molecule has 0 saturated carbocycles. The number of benzene rings is 2. The van der Waals surface area contributed by atoms with Gasteiger partial charge in [0.1, 0.15) is 6.04 Å². The maximum absolute atomic E-state index is 13.4. The molecule has 1 amide bonds. The van der Waals surface area contributed by atoms with E-state index in [9.17, 15) is 13.2 Å². The van der Waals surface area contributed by atoms with Crippen molar-refractivity contribution in [2.75, 3.05) is 5.75 Å². The topological polar surface area (TPSA) is 75.3 Å². The third-order valence-electron chi connectivity index (χ3n) is 5.80. The Bertz CT molecular complexity index is 862. The molecule has 0 spiro atoms.